The maximum absolute atomic E-state index is 13.1. The lowest BCUT2D eigenvalue weighted by atomic mass is 10.0. The monoisotopic (exact) mass is 604 g/mol. The van der Waals surface area contributed by atoms with Gasteiger partial charge in [0.1, 0.15) is 5.82 Å². The first-order valence-corrected chi connectivity index (χ1v) is 15.0. The van der Waals surface area contributed by atoms with E-state index in [1.807, 2.05) is 25.1 Å². The number of morpholine rings is 1. The number of rotatable bonds is 9. The van der Waals surface area contributed by atoms with Gasteiger partial charge in [-0.1, -0.05) is 61.5 Å². The quantitative estimate of drug-likeness (QED) is 0.225. The molecule has 0 radical (unpaired) electrons. The third kappa shape index (κ3) is 8.59. The fraction of sp³-hybridized carbons (Fsp3) is 0.343. The average molecular weight is 605 g/mol. The summed E-state index contributed by atoms with van der Waals surface area (Å²) in [5.41, 5.74) is 4.02. The van der Waals surface area contributed by atoms with Gasteiger partial charge in [-0.05, 0) is 66.8 Å². The second-order valence-corrected chi connectivity index (χ2v) is 11.4. The van der Waals surface area contributed by atoms with E-state index in [-0.39, 0.29) is 17.5 Å². The van der Waals surface area contributed by atoms with Gasteiger partial charge in [-0.2, -0.15) is 13.2 Å². The van der Waals surface area contributed by atoms with Gasteiger partial charge in [0.2, 0.25) is 0 Å². The summed E-state index contributed by atoms with van der Waals surface area (Å²) in [7, 11) is 0. The molecule has 0 aromatic heterocycles. The van der Waals surface area contributed by atoms with Crippen LogP contribution in [0.15, 0.2) is 102 Å². The molecule has 1 fully saturated rings. The van der Waals surface area contributed by atoms with Crippen molar-refractivity contribution in [3.05, 3.63) is 125 Å². The molecule has 232 valence electrons. The number of nitrogens with zero attached hydrogens (tertiary/aromatic N) is 2. The van der Waals surface area contributed by atoms with Crippen LogP contribution in [-0.4, -0.2) is 42.0 Å². The first-order chi connectivity index (χ1) is 21.1. The summed E-state index contributed by atoms with van der Waals surface area (Å²) >= 11 is 0. The van der Waals surface area contributed by atoms with Crippen molar-refractivity contribution in [3.63, 3.8) is 0 Å². The molecule has 6 nitrogen and oxygen atoms in total. The SMILES string of the molecule is CC1C=C(N[C@@H](C)c2cccc(NC(O)c3cccc(C(F)(F)F)c3)c2)N=C(c2ccc(CN3CCOCC3)cc2)C=CC1. The van der Waals surface area contributed by atoms with Gasteiger partial charge in [-0.15, -0.1) is 0 Å². The normalized spacial score (nSPS) is 19.3. The highest BCUT2D eigenvalue weighted by Crippen LogP contribution is 2.31. The standard InChI is InChI=1S/C35H39F3N4O2/c1-24-6-3-11-32(27-14-12-26(13-15-27)23-42-16-18-44-19-17-42)41-33(20-24)39-25(2)28-7-5-10-31(22-28)40-34(43)29-8-4-9-30(21-29)35(36,37)38/h3-5,7-15,20-22,24-25,34,39-40,43H,6,16-19,23H2,1-2H3/t24?,25-,34?/m0/s1. The predicted octanol–water partition coefficient (Wildman–Crippen LogP) is 7.22. The third-order valence-electron chi connectivity index (χ3n) is 7.81. The lowest BCUT2D eigenvalue weighted by molar-refractivity contribution is -0.137. The molecule has 0 spiro atoms. The largest absolute Gasteiger partial charge is 0.416 e. The number of ether oxygens (including phenoxy) is 1. The Labute approximate surface area is 257 Å². The maximum atomic E-state index is 13.1. The van der Waals surface area contributed by atoms with E-state index >= 15 is 0 Å². The average Bonchev–Trinajstić information content (AvgIpc) is 3.00. The van der Waals surface area contributed by atoms with Crippen molar-refractivity contribution in [2.75, 3.05) is 31.6 Å². The molecule has 2 heterocycles. The van der Waals surface area contributed by atoms with E-state index in [2.05, 4.69) is 65.0 Å². The first-order valence-electron chi connectivity index (χ1n) is 15.0. The highest BCUT2D eigenvalue weighted by atomic mass is 19.4. The molecule has 2 aliphatic heterocycles. The van der Waals surface area contributed by atoms with Crippen LogP contribution in [0.5, 0.6) is 0 Å². The molecule has 0 amide bonds. The number of nitrogens with one attached hydrogen (secondary N) is 2. The lowest BCUT2D eigenvalue weighted by Crippen LogP contribution is -2.35. The van der Waals surface area contributed by atoms with E-state index in [1.165, 1.54) is 17.7 Å². The van der Waals surface area contributed by atoms with Crippen LogP contribution in [0, 0.1) is 5.92 Å². The number of alkyl halides is 3. The molecule has 3 atom stereocenters. The summed E-state index contributed by atoms with van der Waals surface area (Å²) in [5.74, 6) is 1.06. The van der Waals surface area contributed by atoms with E-state index in [0.29, 0.717) is 5.69 Å². The summed E-state index contributed by atoms with van der Waals surface area (Å²) in [6.45, 7) is 8.53. The highest BCUT2D eigenvalue weighted by molar-refractivity contribution is 6.09. The lowest BCUT2D eigenvalue weighted by Gasteiger charge is -2.26. The van der Waals surface area contributed by atoms with Crippen LogP contribution in [0.25, 0.3) is 0 Å². The second-order valence-electron chi connectivity index (χ2n) is 11.4. The summed E-state index contributed by atoms with van der Waals surface area (Å²) in [6.07, 6.45) is 1.47. The van der Waals surface area contributed by atoms with Crippen LogP contribution >= 0.6 is 0 Å². The number of allylic oxidation sites excluding steroid dienone is 3. The number of benzene rings is 3. The zero-order chi connectivity index (χ0) is 31.1. The van der Waals surface area contributed by atoms with Crippen molar-refractivity contribution in [2.24, 2.45) is 10.9 Å². The van der Waals surface area contributed by atoms with Crippen LogP contribution in [-0.2, 0) is 17.5 Å². The number of halogens is 3. The van der Waals surface area contributed by atoms with Crippen molar-refractivity contribution in [1.29, 1.82) is 0 Å². The van der Waals surface area contributed by atoms with Crippen molar-refractivity contribution in [2.45, 2.75) is 45.3 Å². The van der Waals surface area contributed by atoms with Crippen molar-refractivity contribution in [3.8, 4) is 0 Å². The van der Waals surface area contributed by atoms with Gasteiger partial charge >= 0.3 is 6.18 Å². The Morgan fingerprint density at radius 3 is 2.45 bits per heavy atom. The van der Waals surface area contributed by atoms with Crippen LogP contribution in [0.2, 0.25) is 0 Å². The Kier molecular flexibility index (Phi) is 10.2. The zero-order valence-electron chi connectivity index (χ0n) is 25.0. The van der Waals surface area contributed by atoms with Crippen molar-refractivity contribution in [1.82, 2.24) is 10.2 Å². The summed E-state index contributed by atoms with van der Waals surface area (Å²) in [6, 6.07) is 20.6. The Morgan fingerprint density at radius 2 is 1.70 bits per heavy atom. The molecule has 3 aromatic carbocycles. The van der Waals surface area contributed by atoms with Gasteiger partial charge < -0.3 is 20.5 Å². The van der Waals surface area contributed by atoms with Crippen molar-refractivity contribution >= 4 is 11.4 Å². The number of anilines is 1. The summed E-state index contributed by atoms with van der Waals surface area (Å²) < 4.78 is 44.9. The molecule has 1 saturated heterocycles. The minimum atomic E-state index is -4.48. The van der Waals surface area contributed by atoms with Gasteiger partial charge in [0.25, 0.3) is 0 Å². The van der Waals surface area contributed by atoms with E-state index in [0.717, 1.165) is 74.1 Å². The summed E-state index contributed by atoms with van der Waals surface area (Å²) in [4.78, 5) is 7.41. The first kappa shape index (κ1) is 31.5. The molecule has 2 unspecified atom stereocenters. The number of aliphatic hydroxyl groups is 1. The molecule has 3 aromatic rings. The molecule has 0 aliphatic carbocycles. The fourth-order valence-electron chi connectivity index (χ4n) is 5.30. The third-order valence-corrected chi connectivity index (χ3v) is 7.81. The molecule has 2 aliphatic rings. The summed E-state index contributed by atoms with van der Waals surface area (Å²) in [5, 5.41) is 17.1. The maximum Gasteiger partial charge on any atom is 0.416 e. The Morgan fingerprint density at radius 1 is 0.977 bits per heavy atom. The minimum Gasteiger partial charge on any atom is -0.379 e. The van der Waals surface area contributed by atoms with E-state index in [1.54, 1.807) is 6.07 Å². The highest BCUT2D eigenvalue weighted by Gasteiger charge is 2.31. The van der Waals surface area contributed by atoms with Gasteiger partial charge in [-0.25, -0.2) is 4.99 Å². The van der Waals surface area contributed by atoms with Gasteiger partial charge in [0, 0.05) is 36.4 Å². The smallest absolute Gasteiger partial charge is 0.379 e. The molecule has 0 bridgehead atoms. The van der Waals surface area contributed by atoms with E-state index in [4.69, 9.17) is 9.73 Å². The van der Waals surface area contributed by atoms with Crippen LogP contribution in [0.3, 0.4) is 0 Å². The Hall–Kier alpha value is -3.92. The number of hydrogen-bond donors (Lipinski definition) is 3. The molecular weight excluding hydrogens is 565 g/mol. The van der Waals surface area contributed by atoms with Crippen LogP contribution in [0.4, 0.5) is 18.9 Å². The van der Waals surface area contributed by atoms with Crippen molar-refractivity contribution < 1.29 is 23.0 Å². The Bertz CT molecular complexity index is 1490. The molecule has 9 heteroatoms. The van der Waals surface area contributed by atoms with Gasteiger partial charge in [0.15, 0.2) is 6.23 Å². The fourth-order valence-corrected chi connectivity index (χ4v) is 5.30. The van der Waals surface area contributed by atoms with E-state index in [9.17, 15) is 18.3 Å². The molecule has 5 rings (SSSR count). The predicted molar refractivity (Wildman–Crippen MR) is 168 cm³/mol. The van der Waals surface area contributed by atoms with Gasteiger partial charge in [0.05, 0.1) is 30.5 Å². The Balaban J connectivity index is 1.28. The molecular formula is C35H39F3N4O2. The number of aliphatic hydroxyl groups excluding tert-OH is 1. The molecule has 44 heavy (non-hydrogen) atoms. The van der Waals surface area contributed by atoms with Crippen LogP contribution < -0.4 is 10.6 Å². The van der Waals surface area contributed by atoms with E-state index < -0.39 is 18.0 Å². The number of hydrogen-bond acceptors (Lipinski definition) is 6. The number of aliphatic imine (C=N–C) groups is 1. The second kappa shape index (κ2) is 14.2. The molecule has 3 N–H and O–H groups in total. The molecule has 0 saturated carbocycles. The van der Waals surface area contributed by atoms with Crippen LogP contribution in [0.1, 0.15) is 60.4 Å². The van der Waals surface area contributed by atoms with Gasteiger partial charge in [-0.3, -0.25) is 4.90 Å². The minimum absolute atomic E-state index is 0.133. The topological polar surface area (TPSA) is 69.1 Å². The zero-order valence-corrected chi connectivity index (χ0v) is 25.0.